The van der Waals surface area contributed by atoms with Crippen LogP contribution in [0.4, 0.5) is 0 Å². The van der Waals surface area contributed by atoms with Gasteiger partial charge in [-0.1, -0.05) is 36.4 Å². The summed E-state index contributed by atoms with van der Waals surface area (Å²) in [6, 6.07) is 10.1. The maximum atomic E-state index is 8.46. The first-order valence-electron chi connectivity index (χ1n) is 3.86. The minimum atomic E-state index is 0.406. The number of benzene rings is 1. The molecule has 0 radical (unpaired) electrons. The second-order valence-electron chi connectivity index (χ2n) is 2.81. The van der Waals surface area contributed by atoms with Crippen LogP contribution in [0.25, 0.3) is 5.57 Å². The topological polar surface area (TPSA) is 23.8 Å². The molecule has 0 aromatic heterocycles. The predicted molar refractivity (Wildman–Crippen MR) is 50.4 cm³/mol. The predicted octanol–water partition coefficient (Wildman–Crippen LogP) is 2.92. The molecule has 1 heteroatoms. The number of hydrogen-bond acceptors (Lipinski definition) is 1. The van der Waals surface area contributed by atoms with Crippen LogP contribution in [0.3, 0.4) is 0 Å². The van der Waals surface area contributed by atoms with E-state index in [0.717, 1.165) is 11.1 Å². The Hall–Kier alpha value is -1.55. The highest BCUT2D eigenvalue weighted by atomic mass is 14.2. The van der Waals surface area contributed by atoms with Crippen molar-refractivity contribution in [2.45, 2.75) is 13.3 Å². The molecule has 0 unspecified atom stereocenters. The van der Waals surface area contributed by atoms with Crippen molar-refractivity contribution in [3.8, 4) is 6.07 Å². The Labute approximate surface area is 73.0 Å². The quantitative estimate of drug-likeness (QED) is 0.647. The SMILES string of the molecule is C=C(CC#N)c1cccc(C)c1. The first-order chi connectivity index (χ1) is 5.74. The Kier molecular flexibility index (Phi) is 2.66. The third-order valence-corrected chi connectivity index (χ3v) is 1.72. The summed E-state index contributed by atoms with van der Waals surface area (Å²) < 4.78 is 0. The average Bonchev–Trinajstić information content (AvgIpc) is 2.05. The van der Waals surface area contributed by atoms with E-state index >= 15 is 0 Å². The van der Waals surface area contributed by atoms with Gasteiger partial charge in [-0.25, -0.2) is 0 Å². The van der Waals surface area contributed by atoms with Gasteiger partial charge in [0.1, 0.15) is 0 Å². The molecule has 0 aliphatic rings. The van der Waals surface area contributed by atoms with Crippen molar-refractivity contribution >= 4 is 5.57 Å². The van der Waals surface area contributed by atoms with E-state index in [4.69, 9.17) is 5.26 Å². The molecular weight excluding hydrogens is 146 g/mol. The lowest BCUT2D eigenvalue weighted by Gasteiger charge is -2.01. The molecule has 0 fully saturated rings. The molecule has 0 saturated carbocycles. The maximum Gasteiger partial charge on any atom is 0.0669 e. The minimum Gasteiger partial charge on any atom is -0.198 e. The summed E-state index contributed by atoms with van der Waals surface area (Å²) in [5.74, 6) is 0. The van der Waals surface area contributed by atoms with Crippen molar-refractivity contribution in [2.24, 2.45) is 0 Å². The van der Waals surface area contributed by atoms with Crippen LogP contribution in [-0.4, -0.2) is 0 Å². The van der Waals surface area contributed by atoms with Crippen LogP contribution < -0.4 is 0 Å². The first kappa shape index (κ1) is 8.55. The summed E-state index contributed by atoms with van der Waals surface area (Å²) in [4.78, 5) is 0. The van der Waals surface area contributed by atoms with Crippen molar-refractivity contribution in [1.29, 1.82) is 5.26 Å². The average molecular weight is 157 g/mol. The molecule has 0 spiro atoms. The summed E-state index contributed by atoms with van der Waals surface area (Å²) in [5.41, 5.74) is 3.16. The van der Waals surface area contributed by atoms with Crippen LogP contribution in [0, 0.1) is 18.3 Å². The Morgan fingerprint density at radius 1 is 1.58 bits per heavy atom. The Bertz CT molecular complexity index is 331. The van der Waals surface area contributed by atoms with E-state index in [1.807, 2.05) is 31.2 Å². The van der Waals surface area contributed by atoms with Crippen molar-refractivity contribution in [2.75, 3.05) is 0 Å². The molecule has 0 amide bonds. The van der Waals surface area contributed by atoms with Gasteiger partial charge in [0.15, 0.2) is 0 Å². The molecule has 12 heavy (non-hydrogen) atoms. The molecule has 0 bridgehead atoms. The summed E-state index contributed by atoms with van der Waals surface area (Å²) in [6.07, 6.45) is 0.406. The fourth-order valence-electron chi connectivity index (χ4n) is 1.06. The van der Waals surface area contributed by atoms with E-state index < -0.39 is 0 Å². The van der Waals surface area contributed by atoms with Crippen molar-refractivity contribution < 1.29 is 0 Å². The van der Waals surface area contributed by atoms with Crippen LogP contribution in [-0.2, 0) is 0 Å². The number of hydrogen-bond donors (Lipinski definition) is 0. The van der Waals surface area contributed by atoms with E-state index in [1.54, 1.807) is 0 Å². The normalized spacial score (nSPS) is 9.00. The molecular formula is C11H11N. The van der Waals surface area contributed by atoms with Crippen molar-refractivity contribution in [1.82, 2.24) is 0 Å². The number of rotatable bonds is 2. The molecule has 0 saturated heterocycles. The monoisotopic (exact) mass is 157 g/mol. The standard InChI is InChI=1S/C11H11N/c1-9-4-3-5-11(8-9)10(2)6-7-12/h3-5,8H,2,6H2,1H3. The second kappa shape index (κ2) is 3.73. The molecule has 0 heterocycles. The number of nitrogens with zero attached hydrogens (tertiary/aromatic N) is 1. The lowest BCUT2D eigenvalue weighted by Crippen LogP contribution is -1.82. The van der Waals surface area contributed by atoms with Crippen LogP contribution in [0.15, 0.2) is 30.8 Å². The molecule has 0 aliphatic carbocycles. The smallest absolute Gasteiger partial charge is 0.0669 e. The summed E-state index contributed by atoms with van der Waals surface area (Å²) in [5, 5.41) is 8.46. The van der Waals surface area contributed by atoms with Crippen molar-refractivity contribution in [3.63, 3.8) is 0 Å². The van der Waals surface area contributed by atoms with Gasteiger partial charge in [0.2, 0.25) is 0 Å². The number of nitriles is 1. The summed E-state index contributed by atoms with van der Waals surface area (Å²) >= 11 is 0. The third kappa shape index (κ3) is 1.96. The zero-order chi connectivity index (χ0) is 8.97. The van der Waals surface area contributed by atoms with Crippen LogP contribution in [0.1, 0.15) is 17.5 Å². The lowest BCUT2D eigenvalue weighted by molar-refractivity contribution is 1.35. The second-order valence-corrected chi connectivity index (χ2v) is 2.81. The van der Waals surface area contributed by atoms with Gasteiger partial charge >= 0.3 is 0 Å². The molecule has 1 aromatic carbocycles. The van der Waals surface area contributed by atoms with E-state index in [1.165, 1.54) is 5.56 Å². The molecule has 1 rings (SSSR count). The first-order valence-corrected chi connectivity index (χ1v) is 3.86. The molecule has 1 aromatic rings. The van der Waals surface area contributed by atoms with Gasteiger partial charge < -0.3 is 0 Å². The number of allylic oxidation sites excluding steroid dienone is 1. The number of aryl methyl sites for hydroxylation is 1. The lowest BCUT2D eigenvalue weighted by atomic mass is 10.0. The molecule has 0 N–H and O–H groups in total. The minimum absolute atomic E-state index is 0.406. The third-order valence-electron chi connectivity index (χ3n) is 1.72. The van der Waals surface area contributed by atoms with E-state index in [2.05, 4.69) is 12.6 Å². The van der Waals surface area contributed by atoms with Gasteiger partial charge in [-0.3, -0.25) is 0 Å². The van der Waals surface area contributed by atoms with Crippen LogP contribution in [0.2, 0.25) is 0 Å². The molecule has 1 nitrogen and oxygen atoms in total. The largest absolute Gasteiger partial charge is 0.198 e. The zero-order valence-electron chi connectivity index (χ0n) is 7.17. The summed E-state index contributed by atoms with van der Waals surface area (Å²) in [7, 11) is 0. The molecule has 0 atom stereocenters. The van der Waals surface area contributed by atoms with Gasteiger partial charge in [0.05, 0.1) is 12.5 Å². The highest BCUT2D eigenvalue weighted by Gasteiger charge is 1.96. The Morgan fingerprint density at radius 2 is 2.33 bits per heavy atom. The fourth-order valence-corrected chi connectivity index (χ4v) is 1.06. The molecule has 60 valence electrons. The van der Waals surface area contributed by atoms with Crippen LogP contribution >= 0.6 is 0 Å². The van der Waals surface area contributed by atoms with Gasteiger partial charge in [0, 0.05) is 0 Å². The Morgan fingerprint density at radius 3 is 2.92 bits per heavy atom. The van der Waals surface area contributed by atoms with Gasteiger partial charge in [0.25, 0.3) is 0 Å². The maximum absolute atomic E-state index is 8.46. The van der Waals surface area contributed by atoms with Crippen LogP contribution in [0.5, 0.6) is 0 Å². The van der Waals surface area contributed by atoms with E-state index in [-0.39, 0.29) is 0 Å². The zero-order valence-corrected chi connectivity index (χ0v) is 7.17. The summed E-state index contributed by atoms with van der Waals surface area (Å²) in [6.45, 7) is 5.86. The Balaban J connectivity index is 2.90. The van der Waals surface area contributed by atoms with Gasteiger partial charge in [-0.05, 0) is 18.1 Å². The van der Waals surface area contributed by atoms with E-state index in [9.17, 15) is 0 Å². The highest BCUT2D eigenvalue weighted by Crippen LogP contribution is 2.16. The fraction of sp³-hybridized carbons (Fsp3) is 0.182. The van der Waals surface area contributed by atoms with Gasteiger partial charge in [-0.2, -0.15) is 5.26 Å². The molecule has 0 aliphatic heterocycles. The van der Waals surface area contributed by atoms with Gasteiger partial charge in [-0.15, -0.1) is 0 Å². The highest BCUT2D eigenvalue weighted by molar-refractivity contribution is 5.65. The van der Waals surface area contributed by atoms with E-state index in [0.29, 0.717) is 6.42 Å². The van der Waals surface area contributed by atoms with Crippen molar-refractivity contribution in [3.05, 3.63) is 42.0 Å².